The largest absolute Gasteiger partial charge is 0.382 e. The summed E-state index contributed by atoms with van der Waals surface area (Å²) in [7, 11) is 0. The van der Waals surface area contributed by atoms with E-state index in [-0.39, 0.29) is 17.9 Å². The van der Waals surface area contributed by atoms with Gasteiger partial charge in [-0.1, -0.05) is 0 Å². The number of rotatable bonds is 3. The Morgan fingerprint density at radius 2 is 2.04 bits per heavy atom. The van der Waals surface area contributed by atoms with Crippen LogP contribution < -0.4 is 11.5 Å². The smallest absolute Gasteiger partial charge is 0.224 e. The van der Waals surface area contributed by atoms with Gasteiger partial charge in [0.15, 0.2) is 11.5 Å². The van der Waals surface area contributed by atoms with E-state index in [9.17, 15) is 0 Å². The fourth-order valence-corrected chi connectivity index (χ4v) is 2.79. The molecule has 10 nitrogen and oxygen atoms in total. The first kappa shape index (κ1) is 14.7. The highest BCUT2D eigenvalue weighted by Gasteiger charge is 2.25. The summed E-state index contributed by atoms with van der Waals surface area (Å²) in [6, 6.07) is 0. The summed E-state index contributed by atoms with van der Waals surface area (Å²) < 4.78 is 5.84. The highest BCUT2D eigenvalue weighted by Crippen LogP contribution is 2.24. The van der Waals surface area contributed by atoms with Gasteiger partial charge in [-0.3, -0.25) is 4.90 Å². The zero-order valence-corrected chi connectivity index (χ0v) is 12.9. The first-order valence-corrected chi connectivity index (χ1v) is 7.55. The Balaban J connectivity index is 1.54. The van der Waals surface area contributed by atoms with Gasteiger partial charge in [-0.25, -0.2) is 15.0 Å². The van der Waals surface area contributed by atoms with E-state index >= 15 is 0 Å². The third kappa shape index (κ3) is 2.84. The Hall–Kier alpha value is -2.85. The lowest BCUT2D eigenvalue weighted by Crippen LogP contribution is -2.38. The van der Waals surface area contributed by atoms with E-state index in [1.807, 2.05) is 12.4 Å². The number of imidazole rings is 1. The molecular formula is C14H17N9O. The van der Waals surface area contributed by atoms with Crippen molar-refractivity contribution >= 4 is 22.9 Å². The minimum atomic E-state index is -0.196. The summed E-state index contributed by atoms with van der Waals surface area (Å²) in [6.45, 7) is 2.90. The van der Waals surface area contributed by atoms with Gasteiger partial charge in [-0.15, -0.1) is 0 Å². The van der Waals surface area contributed by atoms with Crippen molar-refractivity contribution in [1.82, 2.24) is 34.8 Å². The van der Waals surface area contributed by atoms with Crippen molar-refractivity contribution in [1.29, 1.82) is 0 Å². The van der Waals surface area contributed by atoms with Crippen molar-refractivity contribution in [2.24, 2.45) is 0 Å². The van der Waals surface area contributed by atoms with Gasteiger partial charge in [-0.05, 0) is 0 Å². The maximum atomic E-state index is 5.86. The normalized spacial score (nSPS) is 18.9. The van der Waals surface area contributed by atoms with Gasteiger partial charge in [0.25, 0.3) is 0 Å². The predicted molar refractivity (Wildman–Crippen MR) is 86.5 cm³/mol. The third-order valence-corrected chi connectivity index (χ3v) is 3.89. The second kappa shape index (κ2) is 5.98. The molecule has 1 atom stereocenters. The van der Waals surface area contributed by atoms with Crippen LogP contribution in [0.3, 0.4) is 0 Å². The lowest BCUT2D eigenvalue weighted by Gasteiger charge is -2.31. The summed E-state index contributed by atoms with van der Waals surface area (Å²) >= 11 is 0. The third-order valence-electron chi connectivity index (χ3n) is 3.89. The highest BCUT2D eigenvalue weighted by atomic mass is 16.5. The molecule has 0 spiro atoms. The summed E-state index contributed by atoms with van der Waals surface area (Å²) in [4.78, 5) is 26.0. The molecule has 3 aromatic rings. The molecule has 4 heterocycles. The number of morpholine rings is 1. The van der Waals surface area contributed by atoms with Crippen molar-refractivity contribution < 1.29 is 4.74 Å². The van der Waals surface area contributed by atoms with Gasteiger partial charge in [0, 0.05) is 37.6 Å². The monoisotopic (exact) mass is 327 g/mol. The number of nitrogen functional groups attached to an aromatic ring is 2. The zero-order chi connectivity index (χ0) is 16.5. The van der Waals surface area contributed by atoms with Crippen LogP contribution >= 0.6 is 0 Å². The van der Waals surface area contributed by atoms with Crippen LogP contribution in [-0.2, 0) is 11.3 Å². The van der Waals surface area contributed by atoms with Crippen LogP contribution in [0.2, 0.25) is 0 Å². The molecule has 0 amide bonds. The molecule has 1 unspecified atom stereocenters. The summed E-state index contributed by atoms with van der Waals surface area (Å²) in [5, 5.41) is 0. The molecule has 1 saturated heterocycles. The van der Waals surface area contributed by atoms with Crippen LogP contribution in [0.5, 0.6) is 0 Å². The summed E-state index contributed by atoms with van der Waals surface area (Å²) in [5.41, 5.74) is 13.6. The molecule has 24 heavy (non-hydrogen) atoms. The number of aromatic amines is 1. The van der Waals surface area contributed by atoms with E-state index < -0.39 is 0 Å². The number of nitrogens with one attached hydrogen (secondary N) is 1. The topological polar surface area (TPSA) is 145 Å². The fraction of sp³-hybridized carbons (Fsp3) is 0.357. The van der Waals surface area contributed by atoms with E-state index in [0.717, 1.165) is 18.7 Å². The number of ether oxygens (including phenoxy) is 1. The maximum Gasteiger partial charge on any atom is 0.224 e. The number of nitrogens with two attached hydrogens (primary N) is 2. The van der Waals surface area contributed by atoms with E-state index in [0.29, 0.717) is 30.1 Å². The Morgan fingerprint density at radius 1 is 1.21 bits per heavy atom. The standard InChI is InChI=1S/C14H17N9O/c15-11-10-13(22-14(16)20-11)21-12(19-10)9-6-23(1-2-24-9)5-8-3-17-7-18-4-8/h3-4,7,9H,1-2,5-6H2,(H5,15,16,19,20,21,22). The van der Waals surface area contributed by atoms with E-state index in [1.54, 1.807) is 0 Å². The molecule has 10 heteroatoms. The van der Waals surface area contributed by atoms with Crippen LogP contribution in [0.4, 0.5) is 11.8 Å². The van der Waals surface area contributed by atoms with Crippen molar-refractivity contribution in [3.05, 3.63) is 30.1 Å². The van der Waals surface area contributed by atoms with Gasteiger partial charge >= 0.3 is 0 Å². The number of fused-ring (bicyclic) bond motifs is 1. The highest BCUT2D eigenvalue weighted by molar-refractivity contribution is 5.82. The van der Waals surface area contributed by atoms with Crippen molar-refractivity contribution in [3.8, 4) is 0 Å². The van der Waals surface area contributed by atoms with E-state index in [4.69, 9.17) is 16.2 Å². The molecule has 0 radical (unpaired) electrons. The van der Waals surface area contributed by atoms with Gasteiger partial charge in [0.05, 0.1) is 6.61 Å². The number of hydrogen-bond donors (Lipinski definition) is 3. The number of anilines is 2. The first-order chi connectivity index (χ1) is 11.7. The Bertz CT molecular complexity index is 850. The molecule has 5 N–H and O–H groups in total. The first-order valence-electron chi connectivity index (χ1n) is 7.55. The molecule has 3 aromatic heterocycles. The lowest BCUT2D eigenvalue weighted by atomic mass is 10.2. The predicted octanol–water partition coefficient (Wildman–Crippen LogP) is -0.119. The van der Waals surface area contributed by atoms with Crippen molar-refractivity contribution in [2.45, 2.75) is 12.6 Å². The van der Waals surface area contributed by atoms with Crippen LogP contribution in [0.25, 0.3) is 11.2 Å². The van der Waals surface area contributed by atoms with Crippen LogP contribution in [0.1, 0.15) is 17.5 Å². The average Bonchev–Trinajstić information content (AvgIpc) is 3.00. The Kier molecular flexibility index (Phi) is 3.67. The molecule has 124 valence electrons. The number of H-pyrrole nitrogens is 1. The number of nitrogens with zero attached hydrogens (tertiary/aromatic N) is 6. The van der Waals surface area contributed by atoms with Crippen molar-refractivity contribution in [2.75, 3.05) is 31.2 Å². The number of aromatic nitrogens is 6. The minimum absolute atomic E-state index is 0.105. The molecule has 0 bridgehead atoms. The van der Waals surface area contributed by atoms with Gasteiger partial charge in [0.1, 0.15) is 23.8 Å². The van der Waals surface area contributed by atoms with E-state index in [2.05, 4.69) is 34.8 Å². The SMILES string of the molecule is Nc1nc(N)c2[nH]c(C3CN(Cc4cncnc4)CCO3)nc2n1. The van der Waals surface area contributed by atoms with Gasteiger partial charge in [0.2, 0.25) is 5.95 Å². The molecule has 4 rings (SSSR count). The minimum Gasteiger partial charge on any atom is -0.382 e. The lowest BCUT2D eigenvalue weighted by molar-refractivity contribution is -0.0367. The number of hydrogen-bond acceptors (Lipinski definition) is 9. The molecule has 1 fully saturated rings. The second-order valence-electron chi connectivity index (χ2n) is 5.63. The average molecular weight is 327 g/mol. The van der Waals surface area contributed by atoms with Crippen LogP contribution in [0.15, 0.2) is 18.7 Å². The molecular weight excluding hydrogens is 310 g/mol. The summed E-state index contributed by atoms with van der Waals surface area (Å²) in [6.07, 6.45) is 4.96. The van der Waals surface area contributed by atoms with Crippen LogP contribution in [0, 0.1) is 0 Å². The Morgan fingerprint density at radius 3 is 2.88 bits per heavy atom. The molecule has 1 aliphatic rings. The van der Waals surface area contributed by atoms with Gasteiger partial charge < -0.3 is 21.2 Å². The maximum absolute atomic E-state index is 5.86. The van der Waals surface area contributed by atoms with Crippen LogP contribution in [-0.4, -0.2) is 54.5 Å². The molecule has 0 aliphatic carbocycles. The van der Waals surface area contributed by atoms with Crippen molar-refractivity contribution in [3.63, 3.8) is 0 Å². The molecule has 0 saturated carbocycles. The molecule has 0 aromatic carbocycles. The van der Waals surface area contributed by atoms with Gasteiger partial charge in [-0.2, -0.15) is 9.97 Å². The summed E-state index contributed by atoms with van der Waals surface area (Å²) in [5.74, 6) is 1.06. The zero-order valence-electron chi connectivity index (χ0n) is 12.9. The quantitative estimate of drug-likeness (QED) is 0.599. The second-order valence-corrected chi connectivity index (χ2v) is 5.63. The fourth-order valence-electron chi connectivity index (χ4n) is 2.79. The van der Waals surface area contributed by atoms with E-state index in [1.165, 1.54) is 6.33 Å². The Labute approximate surface area is 137 Å². The molecule has 1 aliphatic heterocycles.